The summed E-state index contributed by atoms with van der Waals surface area (Å²) in [5.74, 6) is -1.59. The van der Waals surface area contributed by atoms with Gasteiger partial charge < -0.3 is 20.8 Å². The first kappa shape index (κ1) is 12.9. The second-order valence-corrected chi connectivity index (χ2v) is 4.30. The third kappa shape index (κ3) is 3.46. The molecule has 0 radical (unpaired) electrons. The van der Waals surface area contributed by atoms with Gasteiger partial charge in [0.2, 0.25) is 5.91 Å². The first-order valence-corrected chi connectivity index (χ1v) is 5.40. The molecule has 92 valence electrons. The Morgan fingerprint density at radius 3 is 2.69 bits per heavy atom. The number of nitrogens with one attached hydrogen (secondary N) is 2. The molecule has 16 heavy (non-hydrogen) atoms. The van der Waals surface area contributed by atoms with Gasteiger partial charge in [-0.25, -0.2) is 4.79 Å². The van der Waals surface area contributed by atoms with Crippen LogP contribution in [0.1, 0.15) is 26.2 Å². The fraction of sp³-hybridized carbons (Fsp3) is 0.800. The monoisotopic (exact) mass is 230 g/mol. The van der Waals surface area contributed by atoms with E-state index in [1.165, 1.54) is 0 Å². The molecule has 0 aromatic heterocycles. The number of carbonyl (C=O) groups excluding carboxylic acids is 1. The minimum absolute atomic E-state index is 0.249. The number of hydrogen-bond acceptors (Lipinski definition) is 4. The fourth-order valence-electron chi connectivity index (χ4n) is 1.53. The quantitative estimate of drug-likeness (QED) is 0.500. The summed E-state index contributed by atoms with van der Waals surface area (Å²) < 4.78 is 0. The summed E-state index contributed by atoms with van der Waals surface area (Å²) in [6, 6.07) is -0.265. The van der Waals surface area contributed by atoms with E-state index in [1.807, 2.05) is 0 Å². The normalized spacial score (nSPS) is 24.5. The number of rotatable bonds is 4. The Morgan fingerprint density at radius 1 is 1.50 bits per heavy atom. The van der Waals surface area contributed by atoms with Gasteiger partial charge in [-0.3, -0.25) is 4.79 Å². The minimum atomic E-state index is -1.91. The Balaban J connectivity index is 2.37. The summed E-state index contributed by atoms with van der Waals surface area (Å²) in [5.41, 5.74) is -1.91. The van der Waals surface area contributed by atoms with Crippen LogP contribution in [0.5, 0.6) is 0 Å². The van der Waals surface area contributed by atoms with E-state index in [4.69, 9.17) is 5.11 Å². The van der Waals surface area contributed by atoms with Gasteiger partial charge in [0, 0.05) is 0 Å². The van der Waals surface area contributed by atoms with Crippen LogP contribution in [-0.2, 0) is 9.59 Å². The Kier molecular flexibility index (Phi) is 4.26. The molecule has 0 aromatic carbocycles. The zero-order chi connectivity index (χ0) is 12.2. The van der Waals surface area contributed by atoms with Crippen molar-refractivity contribution >= 4 is 11.9 Å². The summed E-state index contributed by atoms with van der Waals surface area (Å²) in [4.78, 5) is 22.2. The Bertz CT molecular complexity index is 272. The lowest BCUT2D eigenvalue weighted by Gasteiger charge is -2.24. The van der Waals surface area contributed by atoms with Gasteiger partial charge >= 0.3 is 5.97 Å². The van der Waals surface area contributed by atoms with Gasteiger partial charge in [0.05, 0.1) is 12.6 Å². The molecule has 6 heteroatoms. The van der Waals surface area contributed by atoms with Crippen molar-refractivity contribution in [1.29, 1.82) is 0 Å². The molecule has 0 aromatic rings. The van der Waals surface area contributed by atoms with Gasteiger partial charge in [0.15, 0.2) is 5.60 Å². The molecule has 1 aliphatic heterocycles. The lowest BCUT2D eigenvalue weighted by atomic mass is 10.0. The summed E-state index contributed by atoms with van der Waals surface area (Å²) in [6.07, 6.45) is 2.79. The van der Waals surface area contributed by atoms with Gasteiger partial charge in [-0.05, 0) is 26.3 Å². The topological polar surface area (TPSA) is 98.7 Å². The van der Waals surface area contributed by atoms with Crippen LogP contribution in [0.4, 0.5) is 0 Å². The molecular weight excluding hydrogens is 212 g/mol. The van der Waals surface area contributed by atoms with Crippen molar-refractivity contribution in [3.05, 3.63) is 0 Å². The minimum Gasteiger partial charge on any atom is -0.479 e. The van der Waals surface area contributed by atoms with Crippen LogP contribution in [0.2, 0.25) is 0 Å². The number of aliphatic hydroxyl groups is 1. The van der Waals surface area contributed by atoms with Crippen molar-refractivity contribution in [2.75, 3.05) is 13.1 Å². The van der Waals surface area contributed by atoms with Crippen molar-refractivity contribution < 1.29 is 19.8 Å². The fourth-order valence-corrected chi connectivity index (χ4v) is 1.53. The van der Waals surface area contributed by atoms with Gasteiger partial charge in [0.1, 0.15) is 0 Å². The molecule has 1 fully saturated rings. The van der Waals surface area contributed by atoms with Crippen LogP contribution in [0.15, 0.2) is 0 Å². The number of carboxylic acid groups (broad SMARTS) is 1. The Morgan fingerprint density at radius 2 is 2.19 bits per heavy atom. The van der Waals surface area contributed by atoms with Crippen LogP contribution in [0.3, 0.4) is 0 Å². The molecule has 6 nitrogen and oxygen atoms in total. The third-order valence-corrected chi connectivity index (χ3v) is 2.69. The highest BCUT2D eigenvalue weighted by Gasteiger charge is 2.31. The number of piperidine rings is 1. The molecule has 0 saturated carbocycles. The van der Waals surface area contributed by atoms with Crippen molar-refractivity contribution in [1.82, 2.24) is 10.6 Å². The average molecular weight is 230 g/mol. The standard InChI is InChI=1S/C10H18N2O4/c1-10(16,9(14)15)6-12-8(13)7-4-2-3-5-11-7/h7,11,16H,2-6H2,1H3,(H,12,13)(H,14,15)/t7-,10?/m1/s1. The van der Waals surface area contributed by atoms with Crippen LogP contribution in [0.25, 0.3) is 0 Å². The zero-order valence-corrected chi connectivity index (χ0v) is 9.32. The highest BCUT2D eigenvalue weighted by atomic mass is 16.4. The first-order valence-electron chi connectivity index (χ1n) is 5.40. The highest BCUT2D eigenvalue weighted by Crippen LogP contribution is 2.07. The van der Waals surface area contributed by atoms with Crippen molar-refractivity contribution in [3.63, 3.8) is 0 Å². The largest absolute Gasteiger partial charge is 0.479 e. The van der Waals surface area contributed by atoms with Crippen molar-refractivity contribution in [2.45, 2.75) is 37.8 Å². The molecule has 2 atom stereocenters. The maximum absolute atomic E-state index is 11.6. The molecule has 1 heterocycles. The summed E-state index contributed by atoms with van der Waals surface area (Å²) in [7, 11) is 0. The molecule has 1 rings (SSSR count). The number of hydrogen-bond donors (Lipinski definition) is 4. The molecule has 1 saturated heterocycles. The molecular formula is C10H18N2O4. The summed E-state index contributed by atoms with van der Waals surface area (Å²) >= 11 is 0. The van der Waals surface area contributed by atoms with Gasteiger partial charge in [-0.2, -0.15) is 0 Å². The van der Waals surface area contributed by atoms with E-state index in [1.54, 1.807) is 0 Å². The molecule has 0 spiro atoms. The highest BCUT2D eigenvalue weighted by molar-refractivity contribution is 5.83. The maximum atomic E-state index is 11.6. The van der Waals surface area contributed by atoms with E-state index in [0.29, 0.717) is 0 Å². The SMILES string of the molecule is CC(O)(CNC(=O)[C@H]1CCCCN1)C(=O)O. The number of aliphatic carboxylic acids is 1. The second kappa shape index (κ2) is 5.27. The molecule has 4 N–H and O–H groups in total. The smallest absolute Gasteiger partial charge is 0.337 e. The Hall–Kier alpha value is -1.14. The van der Waals surface area contributed by atoms with Gasteiger partial charge in [-0.15, -0.1) is 0 Å². The Labute approximate surface area is 94.0 Å². The van der Waals surface area contributed by atoms with E-state index in [-0.39, 0.29) is 18.5 Å². The number of carboxylic acids is 1. The van der Waals surface area contributed by atoms with Crippen molar-refractivity contribution in [3.8, 4) is 0 Å². The van der Waals surface area contributed by atoms with Crippen LogP contribution in [0, 0.1) is 0 Å². The van der Waals surface area contributed by atoms with Crippen LogP contribution >= 0.6 is 0 Å². The van der Waals surface area contributed by atoms with Crippen LogP contribution < -0.4 is 10.6 Å². The first-order chi connectivity index (χ1) is 7.43. The molecule has 1 unspecified atom stereocenters. The van der Waals surface area contributed by atoms with E-state index in [0.717, 1.165) is 32.7 Å². The molecule has 0 bridgehead atoms. The summed E-state index contributed by atoms with van der Waals surface area (Å²) in [6.45, 7) is 1.68. The van der Waals surface area contributed by atoms with E-state index in [9.17, 15) is 14.7 Å². The third-order valence-electron chi connectivity index (χ3n) is 2.69. The van der Waals surface area contributed by atoms with Crippen molar-refractivity contribution in [2.24, 2.45) is 0 Å². The van der Waals surface area contributed by atoms with Gasteiger partial charge in [-0.1, -0.05) is 6.42 Å². The average Bonchev–Trinajstić information content (AvgIpc) is 2.27. The lowest BCUT2D eigenvalue weighted by Crippen LogP contribution is -2.52. The van der Waals surface area contributed by atoms with Gasteiger partial charge in [0.25, 0.3) is 0 Å². The van der Waals surface area contributed by atoms with E-state index < -0.39 is 11.6 Å². The number of amides is 1. The zero-order valence-electron chi connectivity index (χ0n) is 9.32. The summed E-state index contributed by atoms with van der Waals surface area (Å²) in [5, 5.41) is 23.5. The van der Waals surface area contributed by atoms with E-state index >= 15 is 0 Å². The molecule has 1 amide bonds. The molecule has 1 aliphatic rings. The number of carbonyl (C=O) groups is 2. The predicted molar refractivity (Wildman–Crippen MR) is 56.9 cm³/mol. The molecule has 0 aliphatic carbocycles. The van der Waals surface area contributed by atoms with Crippen LogP contribution in [-0.4, -0.2) is 46.8 Å². The predicted octanol–water partition coefficient (Wildman–Crippen LogP) is -0.920. The second-order valence-electron chi connectivity index (χ2n) is 4.30. The van der Waals surface area contributed by atoms with E-state index in [2.05, 4.69) is 10.6 Å². The lowest BCUT2D eigenvalue weighted by molar-refractivity contribution is -0.156. The maximum Gasteiger partial charge on any atom is 0.337 e.